The number of fused-ring (bicyclic) bond motifs is 3. The Balaban J connectivity index is 2.45. The Morgan fingerprint density at radius 1 is 1.24 bits per heavy atom. The molecule has 2 aromatic heterocycles. The lowest BCUT2D eigenvalue weighted by Crippen LogP contribution is -2.24. The molecule has 3 nitrogen and oxygen atoms in total. The van der Waals surface area contributed by atoms with Crippen molar-refractivity contribution in [2.24, 2.45) is 0 Å². The van der Waals surface area contributed by atoms with E-state index in [-0.39, 0.29) is 11.2 Å². The molecule has 2 aromatic rings. The number of ether oxygens (including phenoxy) is 1. The summed E-state index contributed by atoms with van der Waals surface area (Å²) in [5, 5.41) is 0.675. The molecular weight excluding hydrogens is 236 g/mol. The largest absolute Gasteiger partial charge is 0.357 e. The van der Waals surface area contributed by atoms with Crippen LogP contribution in [0.25, 0.3) is 5.65 Å². The van der Waals surface area contributed by atoms with Crippen LogP contribution in [0, 0.1) is 0 Å². The zero-order chi connectivity index (χ0) is 12.4. The highest BCUT2D eigenvalue weighted by atomic mass is 35.5. The number of halogens is 1. The number of rotatable bonds is 0. The van der Waals surface area contributed by atoms with Gasteiger partial charge in [-0.25, -0.2) is 4.98 Å². The summed E-state index contributed by atoms with van der Waals surface area (Å²) < 4.78 is 8.10. The SMILES string of the molecule is CC1(C)OC(C)(C)c2c1nc1c(Cl)cccn21. The Hall–Kier alpha value is -1.06. The van der Waals surface area contributed by atoms with Crippen LogP contribution >= 0.6 is 11.6 Å². The van der Waals surface area contributed by atoms with E-state index in [1.165, 1.54) is 0 Å². The summed E-state index contributed by atoms with van der Waals surface area (Å²) in [7, 11) is 0. The third-order valence-electron chi connectivity index (χ3n) is 3.25. The fourth-order valence-electron chi connectivity index (χ4n) is 2.76. The van der Waals surface area contributed by atoms with Gasteiger partial charge in [0.05, 0.1) is 16.4 Å². The van der Waals surface area contributed by atoms with Gasteiger partial charge in [0.15, 0.2) is 5.65 Å². The van der Waals surface area contributed by atoms with Crippen LogP contribution in [0.15, 0.2) is 18.3 Å². The number of nitrogens with zero attached hydrogens (tertiary/aromatic N) is 2. The maximum Gasteiger partial charge on any atom is 0.156 e. The van der Waals surface area contributed by atoms with Crippen LogP contribution < -0.4 is 0 Å². The van der Waals surface area contributed by atoms with Gasteiger partial charge in [-0.2, -0.15) is 0 Å². The van der Waals surface area contributed by atoms with Crippen molar-refractivity contribution in [2.45, 2.75) is 38.9 Å². The molecule has 0 N–H and O–H groups in total. The maximum absolute atomic E-state index is 6.19. The first-order valence-corrected chi connectivity index (χ1v) is 6.08. The second kappa shape index (κ2) is 3.03. The van der Waals surface area contributed by atoms with Gasteiger partial charge in [-0.3, -0.25) is 4.40 Å². The molecule has 0 bridgehead atoms. The van der Waals surface area contributed by atoms with Crippen LogP contribution in [-0.4, -0.2) is 9.38 Å². The molecule has 0 saturated carbocycles. The molecule has 0 aromatic carbocycles. The van der Waals surface area contributed by atoms with Crippen molar-refractivity contribution < 1.29 is 4.74 Å². The fraction of sp³-hybridized carbons (Fsp3) is 0.462. The molecule has 0 spiro atoms. The van der Waals surface area contributed by atoms with Gasteiger partial charge < -0.3 is 4.74 Å². The van der Waals surface area contributed by atoms with Gasteiger partial charge in [-0.05, 0) is 39.8 Å². The normalized spacial score (nSPS) is 20.8. The molecule has 90 valence electrons. The number of imidazole rings is 1. The van der Waals surface area contributed by atoms with Crippen LogP contribution in [0.5, 0.6) is 0 Å². The van der Waals surface area contributed by atoms with Crippen molar-refractivity contribution in [3.05, 3.63) is 34.7 Å². The first kappa shape index (κ1) is 11.1. The van der Waals surface area contributed by atoms with Crippen LogP contribution in [0.3, 0.4) is 0 Å². The van der Waals surface area contributed by atoms with Gasteiger partial charge in [-0.1, -0.05) is 11.6 Å². The highest BCUT2D eigenvalue weighted by Crippen LogP contribution is 2.46. The predicted molar refractivity (Wildman–Crippen MR) is 67.3 cm³/mol. The molecule has 3 heterocycles. The minimum absolute atomic E-state index is 0.344. The van der Waals surface area contributed by atoms with Crippen molar-refractivity contribution in [3.63, 3.8) is 0 Å². The molecule has 0 aliphatic carbocycles. The molecule has 1 aliphatic heterocycles. The van der Waals surface area contributed by atoms with Gasteiger partial charge in [-0.15, -0.1) is 0 Å². The molecule has 1 aliphatic rings. The number of hydrogen-bond donors (Lipinski definition) is 0. The zero-order valence-corrected chi connectivity index (χ0v) is 11.2. The lowest BCUT2D eigenvalue weighted by molar-refractivity contribution is -0.108. The molecule has 0 fully saturated rings. The van der Waals surface area contributed by atoms with E-state index >= 15 is 0 Å². The topological polar surface area (TPSA) is 26.5 Å². The average Bonchev–Trinajstić information content (AvgIpc) is 2.64. The van der Waals surface area contributed by atoms with Crippen molar-refractivity contribution in [1.82, 2.24) is 9.38 Å². The highest BCUT2D eigenvalue weighted by molar-refractivity contribution is 6.33. The van der Waals surface area contributed by atoms with E-state index in [1.54, 1.807) is 0 Å². The van der Waals surface area contributed by atoms with Crippen molar-refractivity contribution in [2.75, 3.05) is 0 Å². The second-order valence-electron chi connectivity index (χ2n) is 5.48. The monoisotopic (exact) mass is 250 g/mol. The van der Waals surface area contributed by atoms with E-state index in [4.69, 9.17) is 16.3 Å². The van der Waals surface area contributed by atoms with Crippen LogP contribution in [0.2, 0.25) is 5.02 Å². The van der Waals surface area contributed by atoms with E-state index in [9.17, 15) is 0 Å². The first-order chi connectivity index (χ1) is 7.83. The average molecular weight is 251 g/mol. The third-order valence-corrected chi connectivity index (χ3v) is 3.55. The highest BCUT2D eigenvalue weighted by Gasteiger charge is 2.47. The molecule has 0 saturated heterocycles. The molecule has 0 unspecified atom stereocenters. The van der Waals surface area contributed by atoms with E-state index < -0.39 is 0 Å². The Morgan fingerprint density at radius 2 is 1.94 bits per heavy atom. The van der Waals surface area contributed by atoms with E-state index in [2.05, 4.69) is 18.8 Å². The lowest BCUT2D eigenvalue weighted by atomic mass is 10.0. The minimum Gasteiger partial charge on any atom is -0.357 e. The third kappa shape index (κ3) is 1.36. The molecular formula is C13H15ClN2O. The van der Waals surface area contributed by atoms with Gasteiger partial charge in [0, 0.05) is 6.20 Å². The summed E-state index contributed by atoms with van der Waals surface area (Å²) in [6.45, 7) is 8.22. The van der Waals surface area contributed by atoms with Crippen molar-refractivity contribution >= 4 is 17.2 Å². The standard InChI is InChI=1S/C13H15ClN2O/c1-12(2)9-10(13(3,4)17-12)16-7-5-6-8(14)11(16)15-9/h5-7H,1-4H3. The van der Waals surface area contributed by atoms with Crippen molar-refractivity contribution in [1.29, 1.82) is 0 Å². The maximum atomic E-state index is 6.19. The number of pyridine rings is 1. The number of aromatic nitrogens is 2. The van der Waals surface area contributed by atoms with Gasteiger partial charge in [0.1, 0.15) is 11.2 Å². The Labute approximate surface area is 105 Å². The quantitative estimate of drug-likeness (QED) is 0.716. The number of hydrogen-bond acceptors (Lipinski definition) is 2. The molecule has 0 radical (unpaired) electrons. The summed E-state index contributed by atoms with van der Waals surface area (Å²) in [5.41, 5.74) is 2.18. The van der Waals surface area contributed by atoms with Gasteiger partial charge >= 0.3 is 0 Å². The van der Waals surface area contributed by atoms with Gasteiger partial charge in [0.2, 0.25) is 0 Å². The smallest absolute Gasteiger partial charge is 0.156 e. The summed E-state index contributed by atoms with van der Waals surface area (Å²) in [4.78, 5) is 4.65. The summed E-state index contributed by atoms with van der Waals surface area (Å²) in [5.74, 6) is 0. The van der Waals surface area contributed by atoms with Crippen LogP contribution in [0.4, 0.5) is 0 Å². The molecule has 4 heteroatoms. The summed E-state index contributed by atoms with van der Waals surface area (Å²) >= 11 is 6.19. The molecule has 3 rings (SSSR count). The van der Waals surface area contributed by atoms with E-state index in [0.717, 1.165) is 17.0 Å². The Morgan fingerprint density at radius 3 is 2.65 bits per heavy atom. The van der Waals surface area contributed by atoms with Crippen LogP contribution in [-0.2, 0) is 15.9 Å². The Bertz CT molecular complexity index is 613. The van der Waals surface area contributed by atoms with E-state index in [1.807, 2.05) is 36.6 Å². The van der Waals surface area contributed by atoms with Crippen molar-refractivity contribution in [3.8, 4) is 0 Å². The van der Waals surface area contributed by atoms with E-state index in [0.29, 0.717) is 5.02 Å². The second-order valence-corrected chi connectivity index (χ2v) is 5.89. The fourth-order valence-corrected chi connectivity index (χ4v) is 2.97. The summed E-state index contributed by atoms with van der Waals surface area (Å²) in [6, 6.07) is 3.79. The lowest BCUT2D eigenvalue weighted by Gasteiger charge is -2.25. The molecule has 17 heavy (non-hydrogen) atoms. The van der Waals surface area contributed by atoms with Crippen LogP contribution in [0.1, 0.15) is 39.1 Å². The minimum atomic E-state index is -0.367. The zero-order valence-electron chi connectivity index (χ0n) is 10.4. The Kier molecular flexibility index (Phi) is 1.97. The first-order valence-electron chi connectivity index (χ1n) is 5.71. The molecule has 0 atom stereocenters. The molecule has 0 amide bonds. The summed E-state index contributed by atoms with van der Waals surface area (Å²) in [6.07, 6.45) is 1.99. The predicted octanol–water partition coefficient (Wildman–Crippen LogP) is 3.49. The van der Waals surface area contributed by atoms with Gasteiger partial charge in [0.25, 0.3) is 0 Å².